The molecule has 96 valence electrons. The van der Waals surface area contributed by atoms with Gasteiger partial charge in [0.15, 0.2) is 0 Å². The Bertz CT molecular complexity index is 462. The Labute approximate surface area is 116 Å². The summed E-state index contributed by atoms with van der Waals surface area (Å²) in [5.41, 5.74) is 0. The number of thioether (sulfide) groups is 1. The van der Waals surface area contributed by atoms with Crippen molar-refractivity contribution >= 4 is 37.7 Å². The molecule has 0 radical (unpaired) electrons. The van der Waals surface area contributed by atoms with Crippen molar-refractivity contribution in [2.24, 2.45) is 0 Å². The summed E-state index contributed by atoms with van der Waals surface area (Å²) in [6.45, 7) is 3.93. The largest absolute Gasteiger partial charge is 0.240 e. The molecule has 0 aliphatic carbocycles. The molecular formula is C11H16BrNO2S2. The predicted octanol–water partition coefficient (Wildman–Crippen LogP) is 2.87. The molecule has 0 aromatic heterocycles. The van der Waals surface area contributed by atoms with Gasteiger partial charge >= 0.3 is 0 Å². The summed E-state index contributed by atoms with van der Waals surface area (Å²) in [6, 6.07) is 6.64. The minimum Gasteiger partial charge on any atom is -0.208 e. The molecule has 0 amide bonds. The zero-order valence-electron chi connectivity index (χ0n) is 9.81. The molecule has 3 nitrogen and oxygen atoms in total. The Balaban J connectivity index is 2.75. The smallest absolute Gasteiger partial charge is 0.208 e. The highest BCUT2D eigenvalue weighted by Crippen LogP contribution is 2.16. The van der Waals surface area contributed by atoms with E-state index in [-0.39, 0.29) is 6.04 Å². The summed E-state index contributed by atoms with van der Waals surface area (Å²) in [4.78, 5) is 0.292. The van der Waals surface area contributed by atoms with Gasteiger partial charge in [0.25, 0.3) is 0 Å². The lowest BCUT2D eigenvalue weighted by molar-refractivity contribution is 0.571. The van der Waals surface area contributed by atoms with Crippen LogP contribution in [-0.4, -0.2) is 26.0 Å². The lowest BCUT2D eigenvalue weighted by Gasteiger charge is -2.13. The van der Waals surface area contributed by atoms with Gasteiger partial charge in [0.1, 0.15) is 0 Å². The van der Waals surface area contributed by atoms with Crippen LogP contribution in [0.1, 0.15) is 13.8 Å². The van der Waals surface area contributed by atoms with Crippen molar-refractivity contribution in [2.45, 2.75) is 24.8 Å². The predicted molar refractivity (Wildman–Crippen MR) is 76.9 cm³/mol. The maximum Gasteiger partial charge on any atom is 0.240 e. The number of rotatable bonds is 6. The highest BCUT2D eigenvalue weighted by molar-refractivity contribution is 9.10. The van der Waals surface area contributed by atoms with Crippen LogP contribution in [0.15, 0.2) is 33.6 Å². The van der Waals surface area contributed by atoms with Crippen LogP contribution in [0.25, 0.3) is 0 Å². The van der Waals surface area contributed by atoms with E-state index in [9.17, 15) is 8.42 Å². The second kappa shape index (κ2) is 6.78. The van der Waals surface area contributed by atoms with E-state index in [0.717, 1.165) is 16.0 Å². The maximum atomic E-state index is 12.0. The van der Waals surface area contributed by atoms with Gasteiger partial charge in [-0.25, -0.2) is 13.1 Å². The first-order valence-electron chi connectivity index (χ1n) is 5.31. The quantitative estimate of drug-likeness (QED) is 0.868. The average molecular weight is 338 g/mol. The Hall–Kier alpha value is -0.0400. The molecule has 6 heteroatoms. The number of halogens is 1. The number of hydrogen-bond donors (Lipinski definition) is 1. The van der Waals surface area contributed by atoms with E-state index in [2.05, 4.69) is 27.6 Å². The van der Waals surface area contributed by atoms with Crippen LogP contribution in [0.2, 0.25) is 0 Å². The summed E-state index contributed by atoms with van der Waals surface area (Å²) in [6.07, 6.45) is 0. The molecule has 1 atom stereocenters. The Morgan fingerprint density at radius 3 is 2.76 bits per heavy atom. The van der Waals surface area contributed by atoms with Gasteiger partial charge in [-0.1, -0.05) is 28.9 Å². The second-order valence-electron chi connectivity index (χ2n) is 3.64. The number of sulfonamides is 1. The van der Waals surface area contributed by atoms with Crippen molar-refractivity contribution < 1.29 is 8.42 Å². The topological polar surface area (TPSA) is 46.2 Å². The van der Waals surface area contributed by atoms with Gasteiger partial charge in [-0.3, -0.25) is 0 Å². The van der Waals surface area contributed by atoms with Crippen LogP contribution in [0, 0.1) is 0 Å². The third-order valence-corrected chi connectivity index (χ3v) is 5.26. The van der Waals surface area contributed by atoms with Gasteiger partial charge in [-0.15, -0.1) is 0 Å². The van der Waals surface area contributed by atoms with E-state index in [4.69, 9.17) is 0 Å². The monoisotopic (exact) mass is 337 g/mol. The van der Waals surface area contributed by atoms with Crippen molar-refractivity contribution in [3.05, 3.63) is 28.7 Å². The molecule has 0 heterocycles. The van der Waals surface area contributed by atoms with Crippen LogP contribution in [-0.2, 0) is 10.0 Å². The molecule has 0 bridgehead atoms. The Morgan fingerprint density at radius 2 is 2.18 bits per heavy atom. The first-order chi connectivity index (χ1) is 7.95. The minimum absolute atomic E-state index is 0.0658. The van der Waals surface area contributed by atoms with Crippen LogP contribution in [0.3, 0.4) is 0 Å². The van der Waals surface area contributed by atoms with E-state index >= 15 is 0 Å². The van der Waals surface area contributed by atoms with E-state index < -0.39 is 10.0 Å². The van der Waals surface area contributed by atoms with Crippen molar-refractivity contribution in [2.75, 3.05) is 11.5 Å². The molecule has 0 aliphatic rings. The van der Waals surface area contributed by atoms with E-state index in [1.165, 1.54) is 0 Å². The van der Waals surface area contributed by atoms with Crippen LogP contribution >= 0.6 is 27.7 Å². The summed E-state index contributed by atoms with van der Waals surface area (Å²) < 4.78 is 27.5. The molecule has 0 saturated heterocycles. The van der Waals surface area contributed by atoms with Crippen molar-refractivity contribution in [1.29, 1.82) is 0 Å². The molecule has 0 fully saturated rings. The first kappa shape index (κ1) is 15.0. The molecule has 17 heavy (non-hydrogen) atoms. The molecule has 0 saturated carbocycles. The van der Waals surface area contributed by atoms with Crippen LogP contribution < -0.4 is 4.72 Å². The highest BCUT2D eigenvalue weighted by atomic mass is 79.9. The molecule has 1 rings (SSSR count). The van der Waals surface area contributed by atoms with Gasteiger partial charge < -0.3 is 0 Å². The van der Waals surface area contributed by atoms with Crippen molar-refractivity contribution in [3.8, 4) is 0 Å². The minimum atomic E-state index is -3.41. The van der Waals surface area contributed by atoms with Gasteiger partial charge in [0.05, 0.1) is 4.90 Å². The Morgan fingerprint density at radius 1 is 1.47 bits per heavy atom. The second-order valence-corrected chi connectivity index (χ2v) is 7.59. The highest BCUT2D eigenvalue weighted by Gasteiger charge is 2.17. The fraction of sp³-hybridized carbons (Fsp3) is 0.455. The third kappa shape index (κ3) is 4.99. The fourth-order valence-corrected chi connectivity index (χ4v) is 3.91. The summed E-state index contributed by atoms with van der Waals surface area (Å²) >= 11 is 4.99. The lowest BCUT2D eigenvalue weighted by Crippen LogP contribution is -2.34. The van der Waals surface area contributed by atoms with Crippen LogP contribution in [0.4, 0.5) is 0 Å². The van der Waals surface area contributed by atoms with E-state index in [1.807, 2.05) is 6.92 Å². The van der Waals surface area contributed by atoms with Crippen molar-refractivity contribution in [3.63, 3.8) is 0 Å². The van der Waals surface area contributed by atoms with Gasteiger partial charge in [-0.2, -0.15) is 11.8 Å². The normalized spacial score (nSPS) is 13.6. The summed E-state index contributed by atoms with van der Waals surface area (Å²) in [5, 5.41) is 0. The molecule has 0 spiro atoms. The zero-order chi connectivity index (χ0) is 12.9. The van der Waals surface area contributed by atoms with Gasteiger partial charge in [0.2, 0.25) is 10.0 Å². The number of nitrogens with one attached hydrogen (secondary N) is 1. The zero-order valence-corrected chi connectivity index (χ0v) is 13.0. The van der Waals surface area contributed by atoms with E-state index in [1.54, 1.807) is 36.0 Å². The van der Waals surface area contributed by atoms with E-state index in [0.29, 0.717) is 4.90 Å². The third-order valence-electron chi connectivity index (χ3n) is 2.03. The molecular weight excluding hydrogens is 322 g/mol. The molecule has 0 aliphatic heterocycles. The molecule has 1 unspecified atom stereocenters. The standard InChI is InChI=1S/C11H16BrNO2S2/c1-3-16-8-9(2)13-17(14,15)11-6-4-5-10(12)7-11/h4-7,9,13H,3,8H2,1-2H3. The number of hydrogen-bond acceptors (Lipinski definition) is 3. The first-order valence-corrected chi connectivity index (χ1v) is 8.74. The van der Waals surface area contributed by atoms with Crippen LogP contribution in [0.5, 0.6) is 0 Å². The van der Waals surface area contributed by atoms with Gasteiger partial charge in [0, 0.05) is 16.3 Å². The Kier molecular flexibility index (Phi) is 5.99. The average Bonchev–Trinajstić information content (AvgIpc) is 2.26. The number of benzene rings is 1. The summed E-state index contributed by atoms with van der Waals surface area (Å²) in [5.74, 6) is 1.77. The van der Waals surface area contributed by atoms with Gasteiger partial charge in [-0.05, 0) is 30.9 Å². The molecule has 1 N–H and O–H groups in total. The summed E-state index contributed by atoms with van der Waals surface area (Å²) in [7, 11) is -3.41. The SMILES string of the molecule is CCSCC(C)NS(=O)(=O)c1cccc(Br)c1. The maximum absolute atomic E-state index is 12.0. The fourth-order valence-electron chi connectivity index (χ4n) is 1.30. The van der Waals surface area contributed by atoms with Crippen molar-refractivity contribution in [1.82, 2.24) is 4.72 Å². The molecule has 1 aromatic carbocycles. The lowest BCUT2D eigenvalue weighted by atomic mass is 10.4. The molecule has 1 aromatic rings.